The second-order valence-electron chi connectivity index (χ2n) is 5.52. The van der Waals surface area contributed by atoms with Gasteiger partial charge < -0.3 is 19.2 Å². The molecule has 0 fully saturated rings. The van der Waals surface area contributed by atoms with Crippen molar-refractivity contribution >= 4 is 40.1 Å². The highest BCUT2D eigenvalue weighted by Gasteiger charge is 2.13. The summed E-state index contributed by atoms with van der Waals surface area (Å²) in [4.78, 5) is 23.8. The molecule has 0 aliphatic heterocycles. The number of carbonyl (C=O) groups excluding carboxylic acids is 2. The second kappa shape index (κ2) is 7.93. The molecule has 0 unspecified atom stereocenters. The molecule has 26 heavy (non-hydrogen) atoms. The summed E-state index contributed by atoms with van der Waals surface area (Å²) in [6.45, 7) is -0.370. The van der Waals surface area contributed by atoms with Gasteiger partial charge in [-0.15, -0.1) is 0 Å². The topological polar surface area (TPSA) is 77.8 Å². The molecular formula is C19H16ClNO5. The number of benzene rings is 2. The molecule has 0 aliphatic carbocycles. The van der Waals surface area contributed by atoms with Gasteiger partial charge in [0.15, 0.2) is 6.61 Å². The molecule has 6 nitrogen and oxygen atoms in total. The van der Waals surface area contributed by atoms with Crippen LogP contribution in [0.1, 0.15) is 5.56 Å². The van der Waals surface area contributed by atoms with Gasteiger partial charge in [0.05, 0.1) is 19.8 Å². The Labute approximate surface area is 154 Å². The molecule has 7 heteroatoms. The molecular weight excluding hydrogens is 358 g/mol. The van der Waals surface area contributed by atoms with E-state index in [2.05, 4.69) is 5.32 Å². The highest BCUT2D eigenvalue weighted by Crippen LogP contribution is 2.26. The van der Waals surface area contributed by atoms with Crippen molar-refractivity contribution in [2.45, 2.75) is 6.42 Å². The summed E-state index contributed by atoms with van der Waals surface area (Å²) in [5.74, 6) is -0.280. The number of methoxy groups -OCH3 is 1. The summed E-state index contributed by atoms with van der Waals surface area (Å²) in [5, 5.41) is 3.99. The molecule has 0 atom stereocenters. The molecule has 1 aromatic heterocycles. The third kappa shape index (κ3) is 4.34. The number of hydrogen-bond donors (Lipinski definition) is 1. The Morgan fingerprint density at radius 1 is 1.15 bits per heavy atom. The van der Waals surface area contributed by atoms with Crippen LogP contribution < -0.4 is 10.1 Å². The van der Waals surface area contributed by atoms with Crippen molar-refractivity contribution in [3.05, 3.63) is 59.3 Å². The molecule has 0 radical (unpaired) electrons. The fourth-order valence-corrected chi connectivity index (χ4v) is 2.54. The predicted molar refractivity (Wildman–Crippen MR) is 97.5 cm³/mol. The fourth-order valence-electron chi connectivity index (χ4n) is 2.41. The molecule has 1 amide bonds. The van der Waals surface area contributed by atoms with Gasteiger partial charge in [0.1, 0.15) is 11.3 Å². The molecule has 1 heterocycles. The zero-order chi connectivity index (χ0) is 18.5. The van der Waals surface area contributed by atoms with Crippen LogP contribution in [0, 0.1) is 0 Å². The van der Waals surface area contributed by atoms with E-state index in [4.69, 9.17) is 25.5 Å². The minimum absolute atomic E-state index is 0.00749. The van der Waals surface area contributed by atoms with Gasteiger partial charge in [0.2, 0.25) is 0 Å². The van der Waals surface area contributed by atoms with Gasteiger partial charge in [-0.2, -0.15) is 0 Å². The third-order valence-electron chi connectivity index (χ3n) is 3.69. The lowest BCUT2D eigenvalue weighted by Gasteiger charge is -2.06. The largest absolute Gasteiger partial charge is 0.497 e. The molecule has 0 saturated carbocycles. The Morgan fingerprint density at radius 2 is 1.92 bits per heavy atom. The number of esters is 1. The quantitative estimate of drug-likeness (QED) is 0.664. The molecule has 3 rings (SSSR count). The summed E-state index contributed by atoms with van der Waals surface area (Å²) < 4.78 is 15.6. The van der Waals surface area contributed by atoms with Crippen LogP contribution in [0.3, 0.4) is 0 Å². The molecule has 1 N–H and O–H groups in total. The van der Waals surface area contributed by atoms with Crippen LogP contribution in [-0.2, 0) is 20.7 Å². The minimum atomic E-state index is -0.519. The van der Waals surface area contributed by atoms with E-state index in [1.807, 2.05) is 6.07 Å². The van der Waals surface area contributed by atoms with Crippen molar-refractivity contribution in [3.8, 4) is 5.75 Å². The van der Waals surface area contributed by atoms with Gasteiger partial charge in [-0.3, -0.25) is 9.59 Å². The number of halogens is 1. The average molecular weight is 374 g/mol. The molecule has 0 spiro atoms. The van der Waals surface area contributed by atoms with Crippen LogP contribution in [0.4, 0.5) is 5.69 Å². The van der Waals surface area contributed by atoms with Crippen molar-refractivity contribution in [2.24, 2.45) is 0 Å². The fraction of sp³-hybridized carbons (Fsp3) is 0.158. The molecule has 0 bridgehead atoms. The highest BCUT2D eigenvalue weighted by atomic mass is 35.5. The number of anilines is 1. The first-order valence-electron chi connectivity index (χ1n) is 7.80. The summed E-state index contributed by atoms with van der Waals surface area (Å²) >= 11 is 5.78. The van der Waals surface area contributed by atoms with Gasteiger partial charge in [0, 0.05) is 27.7 Å². The Balaban J connectivity index is 1.54. The van der Waals surface area contributed by atoms with Crippen molar-refractivity contribution < 1.29 is 23.5 Å². The maximum absolute atomic E-state index is 12.0. The number of ether oxygens (including phenoxy) is 2. The van der Waals surface area contributed by atoms with Gasteiger partial charge in [-0.1, -0.05) is 11.6 Å². The standard InChI is InChI=1S/C19H16ClNO5/c1-24-15-6-7-16-12(10-25-17(16)9-15)8-19(23)26-11-18(22)21-14-4-2-13(20)3-5-14/h2-7,9-10H,8,11H2,1H3,(H,21,22). The SMILES string of the molecule is COc1ccc2c(CC(=O)OCC(=O)Nc3ccc(Cl)cc3)coc2c1. The first-order chi connectivity index (χ1) is 12.5. The first-order valence-corrected chi connectivity index (χ1v) is 8.18. The summed E-state index contributed by atoms with van der Waals surface area (Å²) in [7, 11) is 1.57. The lowest BCUT2D eigenvalue weighted by atomic mass is 10.1. The normalized spacial score (nSPS) is 10.5. The van der Waals surface area contributed by atoms with Crippen LogP contribution in [-0.4, -0.2) is 25.6 Å². The van der Waals surface area contributed by atoms with Crippen LogP contribution in [0.15, 0.2) is 53.1 Å². The van der Waals surface area contributed by atoms with E-state index in [0.717, 1.165) is 5.39 Å². The third-order valence-corrected chi connectivity index (χ3v) is 3.94. The smallest absolute Gasteiger partial charge is 0.310 e. The van der Waals surface area contributed by atoms with Crippen LogP contribution >= 0.6 is 11.6 Å². The number of hydrogen-bond acceptors (Lipinski definition) is 5. The van der Waals surface area contributed by atoms with E-state index in [-0.39, 0.29) is 13.0 Å². The van der Waals surface area contributed by atoms with Crippen LogP contribution in [0.25, 0.3) is 11.0 Å². The number of fused-ring (bicyclic) bond motifs is 1. The Morgan fingerprint density at radius 3 is 2.65 bits per heavy atom. The molecule has 0 aliphatic rings. The van der Waals surface area contributed by atoms with Crippen molar-refractivity contribution in [3.63, 3.8) is 0 Å². The zero-order valence-corrected chi connectivity index (χ0v) is 14.7. The first kappa shape index (κ1) is 17.8. The molecule has 3 aromatic rings. The van der Waals surface area contributed by atoms with E-state index in [0.29, 0.717) is 27.6 Å². The predicted octanol–water partition coefficient (Wildman–Crippen LogP) is 3.82. The van der Waals surface area contributed by atoms with Crippen molar-refractivity contribution in [2.75, 3.05) is 19.0 Å². The summed E-state index contributed by atoms with van der Waals surface area (Å²) in [6.07, 6.45) is 1.51. The van der Waals surface area contributed by atoms with Gasteiger partial charge >= 0.3 is 5.97 Å². The van der Waals surface area contributed by atoms with Crippen molar-refractivity contribution in [1.29, 1.82) is 0 Å². The monoisotopic (exact) mass is 373 g/mol. The second-order valence-corrected chi connectivity index (χ2v) is 5.95. The lowest BCUT2D eigenvalue weighted by Crippen LogP contribution is -2.21. The lowest BCUT2D eigenvalue weighted by molar-refractivity contribution is -0.146. The van der Waals surface area contributed by atoms with Gasteiger partial charge in [-0.05, 0) is 36.4 Å². The van der Waals surface area contributed by atoms with Crippen LogP contribution in [0.2, 0.25) is 5.02 Å². The Bertz CT molecular complexity index is 933. The van der Waals surface area contributed by atoms with E-state index in [1.165, 1.54) is 6.26 Å². The van der Waals surface area contributed by atoms with Crippen molar-refractivity contribution in [1.82, 2.24) is 0 Å². The summed E-state index contributed by atoms with van der Waals surface area (Å²) in [5.41, 5.74) is 1.88. The Hall–Kier alpha value is -2.99. The molecule has 0 saturated heterocycles. The zero-order valence-electron chi connectivity index (χ0n) is 14.0. The van der Waals surface area contributed by atoms with E-state index >= 15 is 0 Å². The number of furan rings is 1. The average Bonchev–Trinajstić information content (AvgIpc) is 3.04. The van der Waals surface area contributed by atoms with Gasteiger partial charge in [0.25, 0.3) is 5.91 Å². The summed E-state index contributed by atoms with van der Waals surface area (Å²) in [6, 6.07) is 12.0. The van der Waals surface area contributed by atoms with E-state index in [1.54, 1.807) is 43.5 Å². The number of nitrogens with one attached hydrogen (secondary N) is 1. The Kier molecular flexibility index (Phi) is 5.43. The van der Waals surface area contributed by atoms with E-state index in [9.17, 15) is 9.59 Å². The number of carbonyl (C=O) groups is 2. The van der Waals surface area contributed by atoms with E-state index < -0.39 is 11.9 Å². The molecule has 2 aromatic carbocycles. The number of amides is 1. The maximum Gasteiger partial charge on any atom is 0.310 e. The maximum atomic E-state index is 12.0. The highest BCUT2D eigenvalue weighted by molar-refractivity contribution is 6.30. The molecule has 134 valence electrons. The minimum Gasteiger partial charge on any atom is -0.497 e. The number of rotatable bonds is 6. The van der Waals surface area contributed by atoms with Gasteiger partial charge in [-0.25, -0.2) is 0 Å². The van der Waals surface area contributed by atoms with Crippen LogP contribution in [0.5, 0.6) is 5.75 Å².